The lowest BCUT2D eigenvalue weighted by atomic mass is 10.1. The summed E-state index contributed by atoms with van der Waals surface area (Å²) in [7, 11) is 0. The summed E-state index contributed by atoms with van der Waals surface area (Å²) >= 11 is 9.40. The Balaban J connectivity index is 2.28. The molecule has 0 radical (unpaired) electrons. The molecule has 0 fully saturated rings. The molecule has 1 amide bonds. The van der Waals surface area contributed by atoms with Crippen LogP contribution in [0.25, 0.3) is 0 Å². The highest BCUT2D eigenvalue weighted by molar-refractivity contribution is 9.10. The van der Waals surface area contributed by atoms with E-state index in [9.17, 15) is 4.79 Å². The van der Waals surface area contributed by atoms with Gasteiger partial charge in [-0.25, -0.2) is 4.98 Å². The predicted octanol–water partition coefficient (Wildman–Crippen LogP) is 3.64. The second-order valence-corrected chi connectivity index (χ2v) is 5.22. The molecule has 1 aromatic heterocycles. The molecule has 1 aromatic carbocycles. The fourth-order valence-electron chi connectivity index (χ4n) is 1.54. The number of aryl methyl sites for hydroxylation is 1. The molecule has 19 heavy (non-hydrogen) atoms. The van der Waals surface area contributed by atoms with E-state index in [1.165, 1.54) is 6.20 Å². The van der Waals surface area contributed by atoms with Crippen molar-refractivity contribution in [2.75, 3.05) is 11.1 Å². The van der Waals surface area contributed by atoms with E-state index in [-0.39, 0.29) is 5.91 Å². The van der Waals surface area contributed by atoms with Gasteiger partial charge in [-0.2, -0.15) is 0 Å². The van der Waals surface area contributed by atoms with Gasteiger partial charge < -0.3 is 11.1 Å². The maximum Gasteiger partial charge on any atom is 0.258 e. The summed E-state index contributed by atoms with van der Waals surface area (Å²) in [5.74, 6) is 0.0865. The van der Waals surface area contributed by atoms with Crippen molar-refractivity contribution < 1.29 is 4.79 Å². The van der Waals surface area contributed by atoms with Crippen LogP contribution in [-0.4, -0.2) is 10.9 Å². The first-order valence-electron chi connectivity index (χ1n) is 5.46. The number of aromatic nitrogens is 1. The quantitative estimate of drug-likeness (QED) is 0.877. The monoisotopic (exact) mass is 339 g/mol. The molecule has 0 saturated carbocycles. The first-order valence-corrected chi connectivity index (χ1v) is 6.63. The lowest BCUT2D eigenvalue weighted by molar-refractivity contribution is 0.102. The topological polar surface area (TPSA) is 68.0 Å². The molecular formula is C13H11BrClN3O. The van der Waals surface area contributed by atoms with Crippen molar-refractivity contribution in [3.05, 3.63) is 51.1 Å². The molecule has 0 saturated heterocycles. The van der Waals surface area contributed by atoms with Crippen molar-refractivity contribution in [1.29, 1.82) is 0 Å². The number of nitrogen functional groups attached to an aromatic ring is 1. The molecule has 0 unspecified atom stereocenters. The van der Waals surface area contributed by atoms with Gasteiger partial charge in [-0.15, -0.1) is 0 Å². The van der Waals surface area contributed by atoms with Crippen molar-refractivity contribution in [3.8, 4) is 0 Å². The van der Waals surface area contributed by atoms with Gasteiger partial charge in [0.05, 0.1) is 26.9 Å². The molecule has 0 aliphatic heterocycles. The summed E-state index contributed by atoms with van der Waals surface area (Å²) < 4.78 is 0.615. The summed E-state index contributed by atoms with van der Waals surface area (Å²) in [6, 6.07) is 6.95. The average Bonchev–Trinajstić information content (AvgIpc) is 2.36. The van der Waals surface area contributed by atoms with E-state index in [4.69, 9.17) is 17.3 Å². The molecule has 0 atom stereocenters. The van der Waals surface area contributed by atoms with Crippen LogP contribution < -0.4 is 11.1 Å². The van der Waals surface area contributed by atoms with Crippen molar-refractivity contribution in [2.24, 2.45) is 0 Å². The molecule has 2 rings (SSSR count). The van der Waals surface area contributed by atoms with E-state index in [1.807, 2.05) is 13.0 Å². The standard InChI is InChI=1S/C13H11BrClN3O/c1-7-3-2-4-9(11(7)15)13(19)18-12-10(14)5-8(16)6-17-12/h2-6H,16H2,1H3,(H,17,18,19). The first kappa shape index (κ1) is 13.8. The van der Waals surface area contributed by atoms with Crippen LogP contribution in [0.1, 0.15) is 15.9 Å². The number of benzene rings is 1. The molecule has 4 nitrogen and oxygen atoms in total. The zero-order valence-electron chi connectivity index (χ0n) is 10.1. The lowest BCUT2D eigenvalue weighted by Crippen LogP contribution is -2.14. The van der Waals surface area contributed by atoms with Gasteiger partial charge in [0, 0.05) is 0 Å². The van der Waals surface area contributed by atoms with Crippen molar-refractivity contribution in [3.63, 3.8) is 0 Å². The van der Waals surface area contributed by atoms with Crippen LogP contribution in [0.2, 0.25) is 5.02 Å². The lowest BCUT2D eigenvalue weighted by Gasteiger charge is -2.09. The average molecular weight is 341 g/mol. The minimum absolute atomic E-state index is 0.313. The van der Waals surface area contributed by atoms with E-state index in [2.05, 4.69) is 26.2 Å². The summed E-state index contributed by atoms with van der Waals surface area (Å²) in [4.78, 5) is 16.2. The van der Waals surface area contributed by atoms with Crippen LogP contribution in [0.4, 0.5) is 11.5 Å². The zero-order chi connectivity index (χ0) is 14.0. The number of hydrogen-bond acceptors (Lipinski definition) is 3. The SMILES string of the molecule is Cc1cccc(C(=O)Nc2ncc(N)cc2Br)c1Cl. The number of hydrogen-bond donors (Lipinski definition) is 2. The van der Waals surface area contributed by atoms with Crippen molar-refractivity contribution in [2.45, 2.75) is 6.92 Å². The first-order chi connectivity index (χ1) is 8.99. The van der Waals surface area contributed by atoms with E-state index in [0.717, 1.165) is 5.56 Å². The van der Waals surface area contributed by atoms with Crippen LogP contribution in [0.3, 0.4) is 0 Å². The van der Waals surface area contributed by atoms with E-state index < -0.39 is 0 Å². The molecule has 98 valence electrons. The molecule has 0 aliphatic rings. The molecule has 3 N–H and O–H groups in total. The molecule has 1 heterocycles. The Morgan fingerprint density at radius 1 is 1.47 bits per heavy atom. The van der Waals surface area contributed by atoms with Crippen molar-refractivity contribution in [1.82, 2.24) is 4.98 Å². The van der Waals surface area contributed by atoms with E-state index in [0.29, 0.717) is 26.6 Å². The largest absolute Gasteiger partial charge is 0.397 e. The number of pyridine rings is 1. The number of carbonyl (C=O) groups excluding carboxylic acids is 1. The van der Waals surface area contributed by atoms with Crippen LogP contribution >= 0.6 is 27.5 Å². The van der Waals surface area contributed by atoms with Gasteiger partial charge >= 0.3 is 0 Å². The number of nitrogens with two attached hydrogens (primary N) is 1. The Morgan fingerprint density at radius 3 is 2.89 bits per heavy atom. The Hall–Kier alpha value is -1.59. The number of anilines is 2. The van der Waals surface area contributed by atoms with Gasteiger partial charge in [0.25, 0.3) is 5.91 Å². The summed E-state index contributed by atoms with van der Waals surface area (Å²) in [6.07, 6.45) is 1.47. The maximum atomic E-state index is 12.1. The number of amides is 1. The number of carbonyl (C=O) groups is 1. The van der Waals surface area contributed by atoms with Gasteiger partial charge in [-0.3, -0.25) is 4.79 Å². The number of nitrogens with zero attached hydrogens (tertiary/aromatic N) is 1. The van der Waals surface area contributed by atoms with Crippen molar-refractivity contribution >= 4 is 44.9 Å². The highest BCUT2D eigenvalue weighted by Crippen LogP contribution is 2.25. The Morgan fingerprint density at radius 2 is 2.21 bits per heavy atom. The zero-order valence-corrected chi connectivity index (χ0v) is 12.4. The van der Waals surface area contributed by atoms with Crippen LogP contribution in [-0.2, 0) is 0 Å². The van der Waals surface area contributed by atoms with Gasteiger partial charge in [-0.1, -0.05) is 23.7 Å². The molecule has 0 aliphatic carbocycles. The van der Waals surface area contributed by atoms with E-state index in [1.54, 1.807) is 18.2 Å². The number of nitrogens with one attached hydrogen (secondary N) is 1. The predicted molar refractivity (Wildman–Crippen MR) is 80.5 cm³/mol. The van der Waals surface area contributed by atoms with Crippen LogP contribution in [0.15, 0.2) is 34.9 Å². The van der Waals surface area contributed by atoms with Gasteiger partial charge in [-0.05, 0) is 40.5 Å². The fraction of sp³-hybridized carbons (Fsp3) is 0.0769. The van der Waals surface area contributed by atoms with Gasteiger partial charge in [0.2, 0.25) is 0 Å². The summed E-state index contributed by atoms with van der Waals surface area (Å²) in [6.45, 7) is 1.84. The smallest absolute Gasteiger partial charge is 0.258 e. The molecular weight excluding hydrogens is 330 g/mol. The maximum absolute atomic E-state index is 12.1. The van der Waals surface area contributed by atoms with Gasteiger partial charge in [0.15, 0.2) is 0 Å². The highest BCUT2D eigenvalue weighted by Gasteiger charge is 2.13. The normalized spacial score (nSPS) is 10.3. The molecule has 0 bridgehead atoms. The van der Waals surface area contributed by atoms with Crippen LogP contribution in [0.5, 0.6) is 0 Å². The Bertz CT molecular complexity index is 646. The number of halogens is 2. The Labute approximate surface area is 124 Å². The number of rotatable bonds is 2. The third-order valence-corrected chi connectivity index (χ3v) is 3.64. The van der Waals surface area contributed by atoms with Crippen LogP contribution in [0, 0.1) is 6.92 Å². The summed E-state index contributed by atoms with van der Waals surface area (Å²) in [5, 5.41) is 3.12. The second-order valence-electron chi connectivity index (χ2n) is 3.99. The minimum atomic E-state index is -0.313. The second kappa shape index (κ2) is 5.59. The fourth-order valence-corrected chi connectivity index (χ4v) is 2.22. The van der Waals surface area contributed by atoms with E-state index >= 15 is 0 Å². The highest BCUT2D eigenvalue weighted by atomic mass is 79.9. The summed E-state index contributed by atoms with van der Waals surface area (Å²) in [5.41, 5.74) is 7.35. The Kier molecular flexibility index (Phi) is 4.07. The molecule has 2 aromatic rings. The third-order valence-electron chi connectivity index (χ3n) is 2.53. The minimum Gasteiger partial charge on any atom is -0.397 e. The molecule has 0 spiro atoms. The molecule has 6 heteroatoms. The van der Waals surface area contributed by atoms with Gasteiger partial charge in [0.1, 0.15) is 5.82 Å². The third kappa shape index (κ3) is 3.05.